The van der Waals surface area contributed by atoms with Gasteiger partial charge in [-0.2, -0.15) is 5.10 Å². The van der Waals surface area contributed by atoms with Crippen LogP contribution in [-0.2, 0) is 6.54 Å². The number of hydrogen-bond acceptors (Lipinski definition) is 3. The maximum atomic E-state index is 13.1. The summed E-state index contributed by atoms with van der Waals surface area (Å²) in [6.45, 7) is 0.133. The fraction of sp³-hybridized carbons (Fsp3) is 0.167. The fourth-order valence-corrected chi connectivity index (χ4v) is 1.64. The molecule has 100 valence electrons. The minimum absolute atomic E-state index is 0.133. The number of rotatable bonds is 3. The topological polar surface area (TPSA) is 75.0 Å². The van der Waals surface area contributed by atoms with E-state index in [4.69, 9.17) is 5.73 Å². The molecule has 1 aromatic heterocycles. The van der Waals surface area contributed by atoms with Crippen LogP contribution in [0.25, 0.3) is 0 Å². The van der Waals surface area contributed by atoms with Crippen LogP contribution >= 0.6 is 0 Å². The lowest BCUT2D eigenvalue weighted by Gasteiger charge is -2.16. The molecule has 7 heteroatoms. The van der Waals surface area contributed by atoms with Crippen molar-refractivity contribution >= 4 is 11.6 Å². The summed E-state index contributed by atoms with van der Waals surface area (Å²) in [5.74, 6) is -2.24. The van der Waals surface area contributed by atoms with Crippen LogP contribution in [0.1, 0.15) is 16.1 Å². The van der Waals surface area contributed by atoms with Crippen LogP contribution in [-0.4, -0.2) is 28.1 Å². The number of nitrogen functional groups attached to an aromatic ring is 1. The van der Waals surface area contributed by atoms with Gasteiger partial charge in [0.05, 0.1) is 11.9 Å². The minimum Gasteiger partial charge on any atom is -0.396 e. The molecular formula is C12H12F2N4O. The summed E-state index contributed by atoms with van der Waals surface area (Å²) in [5.41, 5.74) is 6.45. The molecule has 0 aliphatic rings. The summed E-state index contributed by atoms with van der Waals surface area (Å²) in [5, 5.41) is 6.14. The van der Waals surface area contributed by atoms with Crippen molar-refractivity contribution in [1.82, 2.24) is 15.1 Å². The second kappa shape index (κ2) is 5.05. The molecule has 0 saturated carbocycles. The van der Waals surface area contributed by atoms with Crippen molar-refractivity contribution in [3.63, 3.8) is 0 Å². The molecule has 5 nitrogen and oxygen atoms in total. The maximum Gasteiger partial charge on any atom is 0.274 e. The van der Waals surface area contributed by atoms with Crippen molar-refractivity contribution in [1.29, 1.82) is 0 Å². The zero-order chi connectivity index (χ0) is 14.0. The number of nitrogens with one attached hydrogen (secondary N) is 1. The average molecular weight is 266 g/mol. The number of halogens is 2. The van der Waals surface area contributed by atoms with E-state index in [2.05, 4.69) is 10.2 Å². The molecule has 0 unspecified atom stereocenters. The van der Waals surface area contributed by atoms with Crippen molar-refractivity contribution in [3.05, 3.63) is 47.3 Å². The number of anilines is 1. The molecule has 1 amide bonds. The third-order valence-corrected chi connectivity index (χ3v) is 2.63. The van der Waals surface area contributed by atoms with E-state index in [0.29, 0.717) is 5.56 Å². The van der Waals surface area contributed by atoms with Crippen LogP contribution in [0, 0.1) is 11.6 Å². The first-order chi connectivity index (χ1) is 8.99. The fourth-order valence-electron chi connectivity index (χ4n) is 1.64. The molecule has 0 radical (unpaired) electrons. The van der Waals surface area contributed by atoms with Gasteiger partial charge in [0.25, 0.3) is 5.91 Å². The molecule has 0 atom stereocenters. The first-order valence-electron chi connectivity index (χ1n) is 5.47. The van der Waals surface area contributed by atoms with Gasteiger partial charge in [0.15, 0.2) is 11.6 Å². The molecule has 3 N–H and O–H groups in total. The molecule has 2 aromatic rings. The molecule has 2 rings (SSSR count). The number of benzene rings is 1. The van der Waals surface area contributed by atoms with E-state index in [0.717, 1.165) is 12.1 Å². The maximum absolute atomic E-state index is 13.1. The molecule has 1 aromatic carbocycles. The third-order valence-electron chi connectivity index (χ3n) is 2.63. The molecule has 0 spiro atoms. The molecule has 1 heterocycles. The largest absolute Gasteiger partial charge is 0.396 e. The van der Waals surface area contributed by atoms with Gasteiger partial charge in [0.2, 0.25) is 0 Å². The lowest BCUT2D eigenvalue weighted by Crippen LogP contribution is -2.27. The number of nitrogens with two attached hydrogens (primary N) is 1. The Kier molecular flexibility index (Phi) is 3.46. The Bertz CT molecular complexity index is 612. The van der Waals surface area contributed by atoms with E-state index < -0.39 is 11.6 Å². The Morgan fingerprint density at radius 1 is 1.42 bits per heavy atom. The molecule has 19 heavy (non-hydrogen) atoms. The Hall–Kier alpha value is -2.44. The zero-order valence-electron chi connectivity index (χ0n) is 10.2. The highest BCUT2D eigenvalue weighted by Gasteiger charge is 2.17. The van der Waals surface area contributed by atoms with Crippen molar-refractivity contribution in [2.24, 2.45) is 0 Å². The van der Waals surface area contributed by atoms with Crippen LogP contribution in [0.3, 0.4) is 0 Å². The Morgan fingerprint density at radius 3 is 2.74 bits per heavy atom. The van der Waals surface area contributed by atoms with E-state index in [1.54, 1.807) is 0 Å². The Labute approximate surface area is 108 Å². The quantitative estimate of drug-likeness (QED) is 0.884. The van der Waals surface area contributed by atoms with Gasteiger partial charge in [-0.1, -0.05) is 6.07 Å². The van der Waals surface area contributed by atoms with Crippen LogP contribution < -0.4 is 5.73 Å². The van der Waals surface area contributed by atoms with E-state index in [9.17, 15) is 13.6 Å². The minimum atomic E-state index is -0.945. The van der Waals surface area contributed by atoms with Crippen LogP contribution in [0.4, 0.5) is 14.5 Å². The summed E-state index contributed by atoms with van der Waals surface area (Å²) in [6, 6.07) is 3.49. The van der Waals surface area contributed by atoms with Gasteiger partial charge < -0.3 is 10.6 Å². The SMILES string of the molecule is CN(Cc1ccc(F)c(F)c1)C(=O)c1[nH]ncc1N. The van der Waals surface area contributed by atoms with Gasteiger partial charge in [-0.3, -0.25) is 9.89 Å². The van der Waals surface area contributed by atoms with Crippen LogP contribution in [0.5, 0.6) is 0 Å². The van der Waals surface area contributed by atoms with Crippen LogP contribution in [0.15, 0.2) is 24.4 Å². The molecular weight excluding hydrogens is 254 g/mol. The number of H-pyrrole nitrogens is 1. The number of amides is 1. The van der Waals surface area contributed by atoms with Gasteiger partial charge in [0, 0.05) is 13.6 Å². The number of aromatic nitrogens is 2. The van der Waals surface area contributed by atoms with Gasteiger partial charge >= 0.3 is 0 Å². The lowest BCUT2D eigenvalue weighted by atomic mass is 10.2. The van der Waals surface area contributed by atoms with E-state index in [1.165, 1.54) is 24.2 Å². The molecule has 0 saturated heterocycles. The number of carbonyl (C=O) groups is 1. The molecule has 0 aliphatic carbocycles. The number of carbonyl (C=O) groups excluding carboxylic acids is 1. The van der Waals surface area contributed by atoms with Crippen molar-refractivity contribution in [3.8, 4) is 0 Å². The summed E-state index contributed by atoms with van der Waals surface area (Å²) >= 11 is 0. The summed E-state index contributed by atoms with van der Waals surface area (Å²) < 4.78 is 25.8. The first-order valence-corrected chi connectivity index (χ1v) is 5.47. The van der Waals surface area contributed by atoms with Gasteiger partial charge in [-0.05, 0) is 17.7 Å². The van der Waals surface area contributed by atoms with Crippen molar-refractivity contribution in [2.45, 2.75) is 6.54 Å². The highest BCUT2D eigenvalue weighted by atomic mass is 19.2. The molecule has 0 aliphatic heterocycles. The predicted molar refractivity (Wildman–Crippen MR) is 65.2 cm³/mol. The van der Waals surface area contributed by atoms with Crippen molar-refractivity contribution in [2.75, 3.05) is 12.8 Å². The van der Waals surface area contributed by atoms with Crippen molar-refractivity contribution < 1.29 is 13.6 Å². The van der Waals surface area contributed by atoms with Gasteiger partial charge in [-0.25, -0.2) is 8.78 Å². The summed E-state index contributed by atoms with van der Waals surface area (Å²) in [4.78, 5) is 13.3. The predicted octanol–water partition coefficient (Wildman–Crippen LogP) is 1.54. The number of aromatic amines is 1. The van der Waals surface area contributed by atoms with E-state index in [1.807, 2.05) is 0 Å². The van der Waals surface area contributed by atoms with Crippen LogP contribution in [0.2, 0.25) is 0 Å². The van der Waals surface area contributed by atoms with E-state index >= 15 is 0 Å². The molecule has 0 bridgehead atoms. The summed E-state index contributed by atoms with van der Waals surface area (Å²) in [7, 11) is 1.53. The highest BCUT2D eigenvalue weighted by Crippen LogP contribution is 2.13. The molecule has 0 fully saturated rings. The third kappa shape index (κ3) is 2.70. The second-order valence-electron chi connectivity index (χ2n) is 4.11. The number of nitrogens with zero attached hydrogens (tertiary/aromatic N) is 2. The second-order valence-corrected chi connectivity index (χ2v) is 4.11. The number of hydrogen-bond donors (Lipinski definition) is 2. The Morgan fingerprint density at radius 2 is 2.16 bits per heavy atom. The average Bonchev–Trinajstić information content (AvgIpc) is 2.79. The normalized spacial score (nSPS) is 10.5. The first kappa shape index (κ1) is 13.0. The van der Waals surface area contributed by atoms with E-state index in [-0.39, 0.29) is 23.8 Å². The van der Waals surface area contributed by atoms with Gasteiger partial charge in [0.1, 0.15) is 5.69 Å². The highest BCUT2D eigenvalue weighted by molar-refractivity contribution is 5.96. The lowest BCUT2D eigenvalue weighted by molar-refractivity contribution is 0.0780. The smallest absolute Gasteiger partial charge is 0.274 e. The summed E-state index contributed by atoms with van der Waals surface area (Å²) in [6.07, 6.45) is 1.33. The zero-order valence-corrected chi connectivity index (χ0v) is 10.2. The Balaban J connectivity index is 2.13. The van der Waals surface area contributed by atoms with Gasteiger partial charge in [-0.15, -0.1) is 0 Å². The standard InChI is InChI=1S/C12H12F2N4O/c1-18(12(19)11-10(15)5-16-17-11)6-7-2-3-8(13)9(14)4-7/h2-5H,6,15H2,1H3,(H,16,17). The monoisotopic (exact) mass is 266 g/mol.